The van der Waals surface area contributed by atoms with Gasteiger partial charge in [0, 0.05) is 5.56 Å². The van der Waals surface area contributed by atoms with Crippen LogP contribution in [0, 0.1) is 100.0 Å². The van der Waals surface area contributed by atoms with Gasteiger partial charge >= 0.3 is 36.0 Å². The van der Waals surface area contributed by atoms with E-state index in [1.807, 2.05) is 0 Å². The second-order valence-corrected chi connectivity index (χ2v) is 16.4. The number of benzene rings is 6. The maximum Gasteiger partial charge on any atom is 0.411 e. The van der Waals surface area contributed by atoms with Crippen LogP contribution in [0.2, 0.25) is 0 Å². The largest absolute Gasteiger partial charge is 0.497 e. The third-order valence-electron chi connectivity index (χ3n) is 11.6. The molecular formula is C47H18F30O4. The molecule has 0 aliphatic carbocycles. The first-order valence-electron chi connectivity index (χ1n) is 20.8. The van der Waals surface area contributed by atoms with Crippen LogP contribution in [0.3, 0.4) is 0 Å². The molecule has 440 valence electrons. The van der Waals surface area contributed by atoms with E-state index in [2.05, 4.69) is 14.2 Å². The zero-order valence-corrected chi connectivity index (χ0v) is 38.5. The Kier molecular flexibility index (Phi) is 16.3. The van der Waals surface area contributed by atoms with Crippen LogP contribution in [0.15, 0.2) is 48.5 Å². The lowest BCUT2D eigenvalue weighted by atomic mass is 9.73. The van der Waals surface area contributed by atoms with Crippen molar-refractivity contribution in [2.75, 3.05) is 20.3 Å². The van der Waals surface area contributed by atoms with E-state index in [1.54, 1.807) is 0 Å². The molecule has 0 aliphatic rings. The fourth-order valence-corrected chi connectivity index (χ4v) is 7.48. The molecule has 0 heterocycles. The normalized spacial score (nSPS) is 13.0. The Morgan fingerprint density at radius 1 is 0.321 bits per heavy atom. The lowest BCUT2D eigenvalue weighted by molar-refractivity contribution is -0.372. The Bertz CT molecular complexity index is 3310. The summed E-state index contributed by atoms with van der Waals surface area (Å²) in [5, 5.41) is 0. The van der Waals surface area contributed by atoms with Gasteiger partial charge in [-0.25, -0.2) is 43.9 Å². The Labute approximate surface area is 428 Å². The molecule has 81 heavy (non-hydrogen) atoms. The van der Waals surface area contributed by atoms with Crippen molar-refractivity contribution in [3.05, 3.63) is 158 Å². The maximum atomic E-state index is 15.4. The van der Waals surface area contributed by atoms with Crippen LogP contribution in [0.25, 0.3) is 22.3 Å². The molecule has 0 saturated heterocycles. The quantitative estimate of drug-likeness (QED) is 0.0715. The van der Waals surface area contributed by atoms with Crippen LogP contribution in [-0.4, -0.2) is 56.4 Å². The fourth-order valence-electron chi connectivity index (χ4n) is 7.48. The summed E-state index contributed by atoms with van der Waals surface area (Å²) in [6, 6.07) is 2.33. The molecule has 0 fully saturated rings. The number of halogens is 30. The Hall–Kier alpha value is -7.58. The zero-order chi connectivity index (χ0) is 61.6. The van der Waals surface area contributed by atoms with Gasteiger partial charge in [0.2, 0.25) is 46.1 Å². The van der Waals surface area contributed by atoms with Gasteiger partial charge in [-0.15, -0.1) is 0 Å². The first-order chi connectivity index (χ1) is 37.0. The molecule has 6 aromatic rings. The molecule has 0 aromatic heterocycles. The van der Waals surface area contributed by atoms with Gasteiger partial charge < -0.3 is 18.9 Å². The highest BCUT2D eigenvalue weighted by Gasteiger charge is 2.81. The van der Waals surface area contributed by atoms with Crippen LogP contribution >= 0.6 is 0 Å². The minimum Gasteiger partial charge on any atom is -0.497 e. The van der Waals surface area contributed by atoms with E-state index in [0.717, 1.165) is 7.11 Å². The molecule has 4 nitrogen and oxygen atoms in total. The highest BCUT2D eigenvalue weighted by molar-refractivity contribution is 5.70. The van der Waals surface area contributed by atoms with Crippen molar-refractivity contribution in [1.82, 2.24) is 0 Å². The van der Waals surface area contributed by atoms with Gasteiger partial charge in [-0.2, -0.15) is 87.8 Å². The average Bonchev–Trinajstić information content (AvgIpc) is 3.38. The van der Waals surface area contributed by atoms with Crippen molar-refractivity contribution in [2.45, 2.75) is 48.4 Å². The minimum absolute atomic E-state index is 0.00238. The summed E-state index contributed by atoms with van der Waals surface area (Å²) >= 11 is 0. The third kappa shape index (κ3) is 9.80. The SMILES string of the molecule is COc1ccc(C(c2ccc(Oc3c(F)c(F)c(-c4c(F)c(F)c(OCC(F)(F)C(F)(F)C(F)(F)C(F)(F)COc5c(F)c(F)c(-c6c(F)c(F)c(C)c(F)c6F)c(F)c5F)c(F)c4F)c(F)c3F)cc2)(C(F)(F)F)C(F)(F)F)cc1. The van der Waals surface area contributed by atoms with Crippen molar-refractivity contribution in [2.24, 2.45) is 0 Å². The number of ether oxygens (including phenoxy) is 4. The lowest BCUT2D eigenvalue weighted by Crippen LogP contribution is -2.65. The number of alkyl halides is 14. The molecule has 0 amide bonds. The Balaban J connectivity index is 1.27. The standard InChI is InChI=1S/C47H18F30O4/c1-13-22(48)24(50)18(25(51)23(13)49)19-26(52)32(58)38(33(59)27(19)53)79-11-41(64,65)44(68,69)45(70,71)42(66,67)12-80-39-34(60)28(54)20(29(55)35(39)61)21-30(56)36(62)40(37(63)31(21)57)81-17-9-5-15(6-10-17)43(46(72,73)74,47(75,76)77)14-3-7-16(78-2)8-4-14/h3-10H,11-12H2,1-2H3. The van der Waals surface area contributed by atoms with Crippen molar-refractivity contribution in [1.29, 1.82) is 0 Å². The van der Waals surface area contributed by atoms with Gasteiger partial charge in [-0.1, -0.05) is 24.3 Å². The first kappa shape index (κ1) is 62.6. The van der Waals surface area contributed by atoms with E-state index in [-0.39, 0.29) is 30.0 Å². The number of hydrogen-bond acceptors (Lipinski definition) is 4. The summed E-state index contributed by atoms with van der Waals surface area (Å²) in [4.78, 5) is 0. The summed E-state index contributed by atoms with van der Waals surface area (Å²) < 4.78 is 459. The molecule has 34 heteroatoms. The van der Waals surface area contributed by atoms with Crippen molar-refractivity contribution < 1.29 is 151 Å². The molecule has 0 aliphatic heterocycles. The van der Waals surface area contributed by atoms with Crippen LogP contribution in [0.4, 0.5) is 132 Å². The summed E-state index contributed by atoms with van der Waals surface area (Å²) in [6.45, 7) is -7.30. The number of methoxy groups -OCH3 is 1. The van der Waals surface area contributed by atoms with Gasteiger partial charge in [-0.3, -0.25) is 0 Å². The Morgan fingerprint density at radius 2 is 0.568 bits per heavy atom. The molecule has 0 atom stereocenters. The summed E-state index contributed by atoms with van der Waals surface area (Å²) in [7, 11) is 1.00. The molecule has 0 spiro atoms. The van der Waals surface area contributed by atoms with Crippen LogP contribution in [-0.2, 0) is 5.41 Å². The van der Waals surface area contributed by atoms with E-state index in [9.17, 15) is 96.6 Å². The molecule has 0 bridgehead atoms. The van der Waals surface area contributed by atoms with Gasteiger partial charge in [0.1, 0.15) is 11.5 Å². The summed E-state index contributed by atoms with van der Waals surface area (Å²) in [6.07, 6.45) is -12.5. The number of rotatable bonds is 16. The molecule has 0 N–H and O–H groups in total. The highest BCUT2D eigenvalue weighted by atomic mass is 19.4. The molecule has 0 unspecified atom stereocenters. The lowest BCUT2D eigenvalue weighted by Gasteiger charge is -2.38. The first-order valence-corrected chi connectivity index (χ1v) is 20.8. The van der Waals surface area contributed by atoms with Gasteiger partial charge in [0.15, 0.2) is 82.9 Å². The smallest absolute Gasteiger partial charge is 0.411 e. The van der Waals surface area contributed by atoms with E-state index in [4.69, 9.17) is 4.74 Å². The van der Waals surface area contributed by atoms with Gasteiger partial charge in [-0.05, 0) is 42.3 Å². The predicted octanol–water partition coefficient (Wildman–Crippen LogP) is 16.8. The molecule has 6 aromatic carbocycles. The molecule has 0 radical (unpaired) electrons. The number of hydrogen-bond donors (Lipinski definition) is 0. The van der Waals surface area contributed by atoms with E-state index in [1.165, 1.54) is 0 Å². The maximum absolute atomic E-state index is 15.4. The van der Waals surface area contributed by atoms with Crippen LogP contribution in [0.1, 0.15) is 16.7 Å². The monoisotopic (exact) mass is 1220 g/mol. The van der Waals surface area contributed by atoms with Gasteiger partial charge in [0.05, 0.1) is 29.4 Å². The van der Waals surface area contributed by atoms with Gasteiger partial charge in [0.25, 0.3) is 0 Å². The minimum atomic E-state index is -7.79. The summed E-state index contributed by atoms with van der Waals surface area (Å²) in [5.74, 6) is -89.2. The van der Waals surface area contributed by atoms with E-state index >= 15 is 35.1 Å². The third-order valence-corrected chi connectivity index (χ3v) is 11.6. The zero-order valence-electron chi connectivity index (χ0n) is 38.5. The van der Waals surface area contributed by atoms with Crippen molar-refractivity contribution >= 4 is 0 Å². The summed E-state index contributed by atoms with van der Waals surface area (Å²) in [5.41, 5.74) is -20.7. The molecular weight excluding hydrogens is 1200 g/mol. The van der Waals surface area contributed by atoms with Crippen molar-refractivity contribution in [3.63, 3.8) is 0 Å². The topological polar surface area (TPSA) is 36.9 Å². The molecule has 0 saturated carbocycles. The molecule has 6 rings (SSSR count). The highest BCUT2D eigenvalue weighted by Crippen LogP contribution is 2.57. The van der Waals surface area contributed by atoms with Crippen molar-refractivity contribution in [3.8, 4) is 51.0 Å². The Morgan fingerprint density at radius 3 is 0.827 bits per heavy atom. The second-order valence-electron chi connectivity index (χ2n) is 16.4. The van der Waals surface area contributed by atoms with Crippen LogP contribution < -0.4 is 18.9 Å². The predicted molar refractivity (Wildman–Crippen MR) is 211 cm³/mol. The van der Waals surface area contributed by atoms with Crippen LogP contribution in [0.5, 0.6) is 28.7 Å². The average molecular weight is 1220 g/mol. The van der Waals surface area contributed by atoms with E-state index in [0.29, 0.717) is 31.2 Å². The fraction of sp³-hybridized carbons (Fsp3) is 0.234. The van der Waals surface area contributed by atoms with E-state index < -0.39 is 210 Å². The second kappa shape index (κ2) is 21.1.